The quantitative estimate of drug-likeness (QED) is 0.820. The van der Waals surface area contributed by atoms with Crippen LogP contribution in [0, 0.1) is 0 Å². The highest BCUT2D eigenvalue weighted by molar-refractivity contribution is 6.32. The fourth-order valence-corrected chi connectivity index (χ4v) is 1.38. The van der Waals surface area contributed by atoms with Gasteiger partial charge in [0.25, 0.3) is 0 Å². The van der Waals surface area contributed by atoms with E-state index in [0.717, 1.165) is 0 Å². The van der Waals surface area contributed by atoms with Gasteiger partial charge in [0.2, 0.25) is 0 Å². The number of carboxylic acid groups (broad SMARTS) is 1. The van der Waals surface area contributed by atoms with E-state index in [1.807, 2.05) is 0 Å². The van der Waals surface area contributed by atoms with Crippen molar-refractivity contribution in [3.8, 4) is 5.75 Å². The van der Waals surface area contributed by atoms with E-state index in [2.05, 4.69) is 4.74 Å². The first kappa shape index (κ1) is 15.6. The Hall–Kier alpha value is -1.47. The van der Waals surface area contributed by atoms with Crippen LogP contribution in [0.15, 0.2) is 18.2 Å². The number of alkyl halides is 3. The predicted molar refractivity (Wildman–Crippen MR) is 60.8 cm³/mol. The minimum atomic E-state index is -4.37. The number of ether oxygens (including phenoxy) is 2. The SMILES string of the molecule is O=C(O)c1ccc(OCCOCC(F)(F)F)c(Cl)c1. The number of carboxylic acids is 1. The van der Waals surface area contributed by atoms with Crippen LogP contribution in [-0.2, 0) is 4.74 Å². The largest absolute Gasteiger partial charge is 0.490 e. The van der Waals surface area contributed by atoms with Crippen LogP contribution in [0.1, 0.15) is 10.4 Å². The molecule has 0 fully saturated rings. The van der Waals surface area contributed by atoms with Gasteiger partial charge in [0, 0.05) is 0 Å². The summed E-state index contributed by atoms with van der Waals surface area (Å²) in [5, 5.41) is 8.76. The van der Waals surface area contributed by atoms with Gasteiger partial charge in [-0.25, -0.2) is 4.79 Å². The maximum atomic E-state index is 11.7. The molecule has 19 heavy (non-hydrogen) atoms. The first-order valence-corrected chi connectivity index (χ1v) is 5.47. The predicted octanol–water partition coefficient (Wildman–Crippen LogP) is 3.00. The molecule has 1 N–H and O–H groups in total. The summed E-state index contributed by atoms with van der Waals surface area (Å²) in [5.74, 6) is -0.954. The maximum absolute atomic E-state index is 11.7. The molecule has 0 radical (unpaired) electrons. The van der Waals surface area contributed by atoms with E-state index >= 15 is 0 Å². The van der Waals surface area contributed by atoms with E-state index in [0.29, 0.717) is 0 Å². The average molecular weight is 299 g/mol. The monoisotopic (exact) mass is 298 g/mol. The van der Waals surface area contributed by atoms with Gasteiger partial charge in [-0.3, -0.25) is 0 Å². The standard InChI is InChI=1S/C11H10ClF3O4/c12-8-5-7(10(16)17)1-2-9(8)19-4-3-18-6-11(13,14)15/h1-2,5H,3-4,6H2,(H,16,17). The van der Waals surface area contributed by atoms with Gasteiger partial charge in [0.05, 0.1) is 17.2 Å². The van der Waals surface area contributed by atoms with Crippen molar-refractivity contribution in [3.63, 3.8) is 0 Å². The van der Waals surface area contributed by atoms with Gasteiger partial charge < -0.3 is 14.6 Å². The zero-order chi connectivity index (χ0) is 14.5. The first-order chi connectivity index (χ1) is 8.79. The maximum Gasteiger partial charge on any atom is 0.411 e. The van der Waals surface area contributed by atoms with Crippen LogP contribution in [0.2, 0.25) is 5.02 Å². The Kier molecular flexibility index (Phi) is 5.44. The molecule has 1 aromatic rings. The third-order valence-corrected chi connectivity index (χ3v) is 2.23. The molecule has 1 aromatic carbocycles. The molecule has 0 aromatic heterocycles. The minimum absolute atomic E-state index is 0.00864. The molecule has 0 aliphatic rings. The topological polar surface area (TPSA) is 55.8 Å². The van der Waals surface area contributed by atoms with Crippen LogP contribution in [0.4, 0.5) is 13.2 Å². The summed E-state index contributed by atoms with van der Waals surface area (Å²) in [6, 6.07) is 3.80. The number of hydrogen-bond donors (Lipinski definition) is 1. The second-order valence-corrected chi connectivity index (χ2v) is 3.87. The van der Waals surface area contributed by atoms with Gasteiger partial charge in [-0.2, -0.15) is 13.2 Å². The second-order valence-electron chi connectivity index (χ2n) is 3.47. The third-order valence-electron chi connectivity index (χ3n) is 1.93. The average Bonchev–Trinajstić information content (AvgIpc) is 2.28. The molecule has 0 amide bonds. The summed E-state index contributed by atoms with van der Waals surface area (Å²) in [6.45, 7) is -1.72. The van der Waals surface area contributed by atoms with Crippen LogP contribution in [-0.4, -0.2) is 37.1 Å². The highest BCUT2D eigenvalue weighted by Gasteiger charge is 2.27. The van der Waals surface area contributed by atoms with E-state index in [1.165, 1.54) is 18.2 Å². The van der Waals surface area contributed by atoms with Crippen LogP contribution in [0.5, 0.6) is 5.75 Å². The van der Waals surface area contributed by atoms with Gasteiger partial charge in [-0.05, 0) is 18.2 Å². The van der Waals surface area contributed by atoms with Crippen molar-refractivity contribution in [2.75, 3.05) is 19.8 Å². The molecule has 0 aliphatic heterocycles. The number of carbonyl (C=O) groups is 1. The lowest BCUT2D eigenvalue weighted by molar-refractivity contribution is -0.175. The van der Waals surface area contributed by atoms with Gasteiger partial charge in [-0.15, -0.1) is 0 Å². The summed E-state index contributed by atoms with van der Waals surface area (Å²) in [7, 11) is 0. The van der Waals surface area contributed by atoms with Crippen molar-refractivity contribution < 1.29 is 32.5 Å². The van der Waals surface area contributed by atoms with E-state index in [4.69, 9.17) is 21.4 Å². The summed E-state index contributed by atoms with van der Waals surface area (Å²) < 4.78 is 44.6. The second kappa shape index (κ2) is 6.63. The molecule has 0 spiro atoms. The number of hydrogen-bond acceptors (Lipinski definition) is 3. The Morgan fingerprint density at radius 3 is 2.53 bits per heavy atom. The molecule has 0 heterocycles. The zero-order valence-electron chi connectivity index (χ0n) is 9.54. The normalized spacial score (nSPS) is 11.4. The Morgan fingerprint density at radius 2 is 2.00 bits per heavy atom. The Balaban J connectivity index is 2.40. The van der Waals surface area contributed by atoms with Gasteiger partial charge in [0.15, 0.2) is 0 Å². The molecule has 0 atom stereocenters. The molecule has 0 bridgehead atoms. The van der Waals surface area contributed by atoms with Gasteiger partial charge in [-0.1, -0.05) is 11.6 Å². The van der Waals surface area contributed by atoms with Crippen LogP contribution in [0.25, 0.3) is 0 Å². The summed E-state index contributed by atoms with van der Waals surface area (Å²) in [5.41, 5.74) is -0.00864. The number of halogens is 4. The molecular formula is C11H10ClF3O4. The van der Waals surface area contributed by atoms with E-state index in [9.17, 15) is 18.0 Å². The molecule has 106 valence electrons. The van der Waals surface area contributed by atoms with Crippen molar-refractivity contribution >= 4 is 17.6 Å². The van der Waals surface area contributed by atoms with Gasteiger partial charge >= 0.3 is 12.1 Å². The summed E-state index contributed by atoms with van der Waals surface area (Å²) >= 11 is 5.75. The minimum Gasteiger partial charge on any atom is -0.490 e. The highest BCUT2D eigenvalue weighted by Crippen LogP contribution is 2.25. The van der Waals surface area contributed by atoms with Crippen molar-refractivity contribution in [1.29, 1.82) is 0 Å². The fourth-order valence-electron chi connectivity index (χ4n) is 1.15. The molecule has 1 rings (SSSR count). The highest BCUT2D eigenvalue weighted by atomic mass is 35.5. The van der Waals surface area contributed by atoms with Crippen molar-refractivity contribution in [1.82, 2.24) is 0 Å². The Labute approximate surface area is 111 Å². The van der Waals surface area contributed by atoms with E-state index in [-0.39, 0.29) is 29.5 Å². The molecule has 0 aliphatic carbocycles. The molecular weight excluding hydrogens is 289 g/mol. The number of rotatable bonds is 6. The fraction of sp³-hybridized carbons (Fsp3) is 0.364. The van der Waals surface area contributed by atoms with Crippen LogP contribution >= 0.6 is 11.6 Å². The van der Waals surface area contributed by atoms with Crippen molar-refractivity contribution in [2.45, 2.75) is 6.18 Å². The summed E-state index contributed by atoms with van der Waals surface area (Å²) in [4.78, 5) is 10.6. The molecule has 8 heteroatoms. The molecule has 0 saturated heterocycles. The zero-order valence-corrected chi connectivity index (χ0v) is 10.3. The summed E-state index contributed by atoms with van der Waals surface area (Å²) in [6.07, 6.45) is -4.37. The lowest BCUT2D eigenvalue weighted by Gasteiger charge is -2.10. The Bertz CT molecular complexity index is 448. The van der Waals surface area contributed by atoms with Crippen molar-refractivity contribution in [3.05, 3.63) is 28.8 Å². The lowest BCUT2D eigenvalue weighted by atomic mass is 10.2. The van der Waals surface area contributed by atoms with Crippen LogP contribution in [0.3, 0.4) is 0 Å². The third kappa shape index (κ3) is 5.80. The smallest absolute Gasteiger partial charge is 0.411 e. The lowest BCUT2D eigenvalue weighted by Crippen LogP contribution is -2.19. The van der Waals surface area contributed by atoms with Gasteiger partial charge in [0.1, 0.15) is 19.0 Å². The molecule has 0 saturated carbocycles. The Morgan fingerprint density at radius 1 is 1.32 bits per heavy atom. The number of aromatic carboxylic acids is 1. The van der Waals surface area contributed by atoms with Crippen LogP contribution < -0.4 is 4.74 Å². The molecule has 4 nitrogen and oxygen atoms in total. The van der Waals surface area contributed by atoms with E-state index in [1.54, 1.807) is 0 Å². The molecule has 0 unspecified atom stereocenters. The first-order valence-electron chi connectivity index (χ1n) is 5.10. The van der Waals surface area contributed by atoms with Crippen molar-refractivity contribution in [2.24, 2.45) is 0 Å². The number of benzene rings is 1. The van der Waals surface area contributed by atoms with E-state index < -0.39 is 18.8 Å².